The maximum atomic E-state index is 12.7. The molecular weight excluding hydrogens is 284 g/mol. The number of rotatable bonds is 4. The van der Waals surface area contributed by atoms with Crippen molar-refractivity contribution in [2.45, 2.75) is 32.2 Å². The fourth-order valence-corrected chi connectivity index (χ4v) is 3.60. The molecule has 2 unspecified atom stereocenters. The first-order valence-corrected chi connectivity index (χ1v) is 8.29. The number of amides is 1. The van der Waals surface area contributed by atoms with Crippen LogP contribution in [-0.4, -0.2) is 36.5 Å². The molecule has 2 fully saturated rings. The Morgan fingerprint density at radius 2 is 2.19 bits per heavy atom. The van der Waals surface area contributed by atoms with Gasteiger partial charge in [0.25, 0.3) is 0 Å². The summed E-state index contributed by atoms with van der Waals surface area (Å²) in [4.78, 5) is 14.8. The lowest BCUT2D eigenvalue weighted by Gasteiger charge is -2.35. The Hall–Kier alpha value is -1.06. The number of hydrogen-bond acceptors (Lipinski definition) is 2. The van der Waals surface area contributed by atoms with E-state index in [-0.39, 0.29) is 5.92 Å². The van der Waals surface area contributed by atoms with E-state index < -0.39 is 0 Å². The summed E-state index contributed by atoms with van der Waals surface area (Å²) in [6.45, 7) is 4.95. The molecule has 2 saturated heterocycles. The number of nitrogens with zero attached hydrogens (tertiary/aromatic N) is 1. The summed E-state index contributed by atoms with van der Waals surface area (Å²) in [7, 11) is 0. The topological polar surface area (TPSA) is 32.3 Å². The predicted molar refractivity (Wildman–Crippen MR) is 85.4 cm³/mol. The van der Waals surface area contributed by atoms with Crippen molar-refractivity contribution in [1.29, 1.82) is 0 Å². The first-order valence-electron chi connectivity index (χ1n) is 7.91. The molecule has 0 aromatic heterocycles. The summed E-state index contributed by atoms with van der Waals surface area (Å²) in [6, 6.07) is 8.29. The van der Waals surface area contributed by atoms with E-state index in [0.29, 0.717) is 17.9 Å². The summed E-state index contributed by atoms with van der Waals surface area (Å²) >= 11 is 6.26. The highest BCUT2D eigenvalue weighted by Crippen LogP contribution is 2.28. The van der Waals surface area contributed by atoms with Crippen LogP contribution in [0.2, 0.25) is 5.02 Å². The van der Waals surface area contributed by atoms with Crippen LogP contribution in [0.3, 0.4) is 0 Å². The molecule has 0 aliphatic carbocycles. The molecule has 1 aromatic carbocycles. The molecule has 1 amide bonds. The average Bonchev–Trinajstić information content (AvgIpc) is 2.86. The molecule has 0 radical (unpaired) electrons. The fraction of sp³-hybridized carbons (Fsp3) is 0.588. The van der Waals surface area contributed by atoms with Gasteiger partial charge >= 0.3 is 0 Å². The molecule has 3 rings (SSSR count). The van der Waals surface area contributed by atoms with Gasteiger partial charge in [0.1, 0.15) is 0 Å². The second-order valence-electron chi connectivity index (χ2n) is 6.33. The smallest absolute Gasteiger partial charge is 0.226 e. The average molecular weight is 307 g/mol. The van der Waals surface area contributed by atoms with Gasteiger partial charge in [-0.3, -0.25) is 4.79 Å². The molecule has 1 N–H and O–H groups in total. The van der Waals surface area contributed by atoms with E-state index in [1.165, 1.54) is 0 Å². The van der Waals surface area contributed by atoms with Crippen LogP contribution in [0.5, 0.6) is 0 Å². The summed E-state index contributed by atoms with van der Waals surface area (Å²) < 4.78 is 0. The predicted octanol–water partition coefficient (Wildman–Crippen LogP) is 2.73. The highest BCUT2D eigenvalue weighted by atomic mass is 35.5. The third-order valence-electron chi connectivity index (χ3n) is 4.98. The van der Waals surface area contributed by atoms with Crippen LogP contribution < -0.4 is 5.32 Å². The minimum Gasteiger partial charge on any atom is -0.339 e. The van der Waals surface area contributed by atoms with E-state index in [2.05, 4.69) is 23.2 Å². The monoisotopic (exact) mass is 306 g/mol. The molecule has 4 heteroatoms. The first-order chi connectivity index (χ1) is 10.2. The van der Waals surface area contributed by atoms with Crippen molar-refractivity contribution in [3.8, 4) is 0 Å². The number of nitrogens with one attached hydrogen (secondary N) is 1. The van der Waals surface area contributed by atoms with Crippen LogP contribution in [0.4, 0.5) is 0 Å². The molecule has 0 bridgehead atoms. The Morgan fingerprint density at radius 3 is 2.86 bits per heavy atom. The largest absolute Gasteiger partial charge is 0.339 e. The molecule has 3 nitrogen and oxygen atoms in total. The van der Waals surface area contributed by atoms with Gasteiger partial charge in [-0.05, 0) is 49.9 Å². The Bertz CT molecular complexity index is 515. The van der Waals surface area contributed by atoms with Crippen LogP contribution in [-0.2, 0) is 11.2 Å². The lowest BCUT2D eigenvalue weighted by Crippen LogP contribution is -2.51. The first kappa shape index (κ1) is 14.9. The highest BCUT2D eigenvalue weighted by molar-refractivity contribution is 6.31. The van der Waals surface area contributed by atoms with E-state index >= 15 is 0 Å². The SMILES string of the molecule is CC(C(=O)N1CCCC1Cc1ccccc1Cl)C1CNC1. The highest BCUT2D eigenvalue weighted by Gasteiger charge is 2.36. The zero-order valence-electron chi connectivity index (χ0n) is 12.5. The number of hydrogen-bond donors (Lipinski definition) is 1. The third kappa shape index (κ3) is 3.09. The van der Waals surface area contributed by atoms with Crippen molar-refractivity contribution < 1.29 is 4.79 Å². The molecule has 0 spiro atoms. The summed E-state index contributed by atoms with van der Waals surface area (Å²) in [5.74, 6) is 0.980. The summed E-state index contributed by atoms with van der Waals surface area (Å²) in [6.07, 6.45) is 3.07. The molecular formula is C17H23ClN2O. The van der Waals surface area contributed by atoms with Crippen molar-refractivity contribution in [2.75, 3.05) is 19.6 Å². The van der Waals surface area contributed by atoms with Gasteiger partial charge in [-0.25, -0.2) is 0 Å². The van der Waals surface area contributed by atoms with Crippen LogP contribution in [0.25, 0.3) is 0 Å². The number of likely N-dealkylation sites (tertiary alicyclic amines) is 1. The number of carbonyl (C=O) groups is 1. The van der Waals surface area contributed by atoms with Crippen molar-refractivity contribution in [3.63, 3.8) is 0 Å². The molecule has 1 aromatic rings. The number of carbonyl (C=O) groups excluding carboxylic acids is 1. The van der Waals surface area contributed by atoms with E-state index in [0.717, 1.165) is 49.5 Å². The van der Waals surface area contributed by atoms with Crippen molar-refractivity contribution >= 4 is 17.5 Å². The van der Waals surface area contributed by atoms with Crippen LogP contribution in [0.1, 0.15) is 25.3 Å². The lowest BCUT2D eigenvalue weighted by atomic mass is 9.87. The zero-order chi connectivity index (χ0) is 14.8. The molecule has 2 aliphatic heterocycles. The Balaban J connectivity index is 1.67. The molecule has 2 aliphatic rings. The zero-order valence-corrected chi connectivity index (χ0v) is 13.3. The standard InChI is InChI=1S/C17H23ClN2O/c1-12(14-10-19-11-14)17(21)20-8-4-6-15(20)9-13-5-2-3-7-16(13)18/h2-3,5,7,12,14-15,19H,4,6,8-11H2,1H3. The fourth-order valence-electron chi connectivity index (χ4n) is 3.38. The van der Waals surface area contributed by atoms with Gasteiger partial charge in [-0.2, -0.15) is 0 Å². The second kappa shape index (κ2) is 6.37. The normalized spacial score (nSPS) is 23.9. The van der Waals surface area contributed by atoms with Gasteiger partial charge in [-0.1, -0.05) is 36.7 Å². The van der Waals surface area contributed by atoms with Gasteiger partial charge in [-0.15, -0.1) is 0 Å². The van der Waals surface area contributed by atoms with Crippen LogP contribution >= 0.6 is 11.6 Å². The van der Waals surface area contributed by atoms with Gasteiger partial charge in [0.05, 0.1) is 0 Å². The van der Waals surface area contributed by atoms with E-state index in [4.69, 9.17) is 11.6 Å². The second-order valence-corrected chi connectivity index (χ2v) is 6.74. The third-order valence-corrected chi connectivity index (χ3v) is 5.35. The molecule has 2 atom stereocenters. The van der Waals surface area contributed by atoms with Crippen LogP contribution in [0.15, 0.2) is 24.3 Å². The van der Waals surface area contributed by atoms with Gasteiger partial charge < -0.3 is 10.2 Å². The molecule has 0 saturated carbocycles. The Labute approximate surface area is 131 Å². The summed E-state index contributed by atoms with van der Waals surface area (Å²) in [5.41, 5.74) is 1.15. The molecule has 114 valence electrons. The Morgan fingerprint density at radius 1 is 1.43 bits per heavy atom. The lowest BCUT2D eigenvalue weighted by molar-refractivity contribution is -0.138. The van der Waals surface area contributed by atoms with Crippen molar-refractivity contribution in [1.82, 2.24) is 10.2 Å². The minimum atomic E-state index is 0.137. The van der Waals surface area contributed by atoms with E-state index in [1.54, 1.807) is 0 Å². The minimum absolute atomic E-state index is 0.137. The van der Waals surface area contributed by atoms with Crippen molar-refractivity contribution in [3.05, 3.63) is 34.9 Å². The van der Waals surface area contributed by atoms with Gasteiger partial charge in [0.2, 0.25) is 5.91 Å². The molecule has 2 heterocycles. The summed E-state index contributed by atoms with van der Waals surface area (Å²) in [5, 5.41) is 4.07. The number of benzene rings is 1. The Kier molecular flexibility index (Phi) is 4.51. The van der Waals surface area contributed by atoms with E-state index in [9.17, 15) is 4.79 Å². The number of halogens is 1. The van der Waals surface area contributed by atoms with Gasteiger partial charge in [0.15, 0.2) is 0 Å². The maximum absolute atomic E-state index is 12.7. The van der Waals surface area contributed by atoms with Crippen molar-refractivity contribution in [2.24, 2.45) is 11.8 Å². The van der Waals surface area contributed by atoms with E-state index in [1.807, 2.05) is 18.2 Å². The van der Waals surface area contributed by atoms with Gasteiger partial charge in [0, 0.05) is 23.5 Å². The molecule has 21 heavy (non-hydrogen) atoms. The van der Waals surface area contributed by atoms with Crippen LogP contribution in [0, 0.1) is 11.8 Å². The maximum Gasteiger partial charge on any atom is 0.226 e. The quantitative estimate of drug-likeness (QED) is 0.927.